The number of carbonyl (C=O) groups is 1. The first kappa shape index (κ1) is 14.6. The Morgan fingerprint density at radius 1 is 1.41 bits per heavy atom. The second-order valence-electron chi connectivity index (χ2n) is 5.98. The van der Waals surface area contributed by atoms with Crippen molar-refractivity contribution in [3.05, 3.63) is 34.4 Å². The first-order chi connectivity index (χ1) is 10.5. The Morgan fingerprint density at radius 2 is 2.23 bits per heavy atom. The molecule has 1 atom stereocenters. The van der Waals surface area contributed by atoms with Crippen molar-refractivity contribution in [3.8, 4) is 0 Å². The molecule has 1 aliphatic rings. The maximum atomic E-state index is 12.8. The molecule has 7 nitrogen and oxygen atoms in total. The van der Waals surface area contributed by atoms with Gasteiger partial charge in [0.05, 0.1) is 11.3 Å². The second kappa shape index (κ2) is 5.82. The molecule has 1 amide bonds. The highest BCUT2D eigenvalue weighted by atomic mass is 16.2. The zero-order valence-corrected chi connectivity index (χ0v) is 13.1. The molecule has 2 aromatic heterocycles. The number of nitrogens with one attached hydrogen (secondary N) is 1. The Morgan fingerprint density at radius 3 is 2.91 bits per heavy atom. The van der Waals surface area contributed by atoms with E-state index in [2.05, 4.69) is 25.6 Å². The summed E-state index contributed by atoms with van der Waals surface area (Å²) in [6, 6.07) is 1.97. The second-order valence-corrected chi connectivity index (χ2v) is 5.98. The molecule has 1 fully saturated rings. The van der Waals surface area contributed by atoms with Gasteiger partial charge in [0.1, 0.15) is 0 Å². The zero-order valence-electron chi connectivity index (χ0n) is 13.1. The number of tetrazole rings is 1. The van der Waals surface area contributed by atoms with Crippen molar-refractivity contribution in [1.29, 1.82) is 0 Å². The molecule has 116 valence electrons. The van der Waals surface area contributed by atoms with Gasteiger partial charge in [0.2, 0.25) is 0 Å². The number of nitrogens with zero attached hydrogens (tertiary/aromatic N) is 5. The summed E-state index contributed by atoms with van der Waals surface area (Å²) in [5.41, 5.74) is 3.49. The van der Waals surface area contributed by atoms with Gasteiger partial charge >= 0.3 is 0 Å². The van der Waals surface area contributed by atoms with Gasteiger partial charge in [-0.25, -0.2) is 0 Å². The molecule has 3 heterocycles. The summed E-state index contributed by atoms with van der Waals surface area (Å²) in [4.78, 5) is 19.1. The van der Waals surface area contributed by atoms with Crippen LogP contribution in [-0.2, 0) is 6.42 Å². The van der Waals surface area contributed by atoms with Gasteiger partial charge in [-0.1, -0.05) is 5.21 Å². The van der Waals surface area contributed by atoms with Crippen molar-refractivity contribution in [2.75, 3.05) is 13.1 Å². The van der Waals surface area contributed by atoms with Crippen LogP contribution in [0.1, 0.15) is 39.6 Å². The van der Waals surface area contributed by atoms with Gasteiger partial charge in [-0.05, 0) is 44.7 Å². The van der Waals surface area contributed by atoms with Gasteiger partial charge in [-0.2, -0.15) is 5.21 Å². The standard InChI is InChI=1S/C15H20N6O/c1-9-6-10(2)16-11(3)14(9)15(22)21-5-4-12(8-21)7-13-17-19-20-18-13/h6,12H,4-5,7-8H2,1-3H3,(H,17,18,19,20). The molecule has 0 saturated carbocycles. The van der Waals surface area contributed by atoms with Gasteiger partial charge in [0.25, 0.3) is 5.91 Å². The number of amides is 1. The Hall–Kier alpha value is -2.31. The predicted octanol–water partition coefficient (Wildman–Crippen LogP) is 1.22. The van der Waals surface area contributed by atoms with Gasteiger partial charge in [0.15, 0.2) is 5.82 Å². The van der Waals surface area contributed by atoms with Gasteiger partial charge in [0, 0.05) is 25.2 Å². The van der Waals surface area contributed by atoms with Gasteiger partial charge < -0.3 is 4.90 Å². The maximum Gasteiger partial charge on any atom is 0.255 e. The third kappa shape index (κ3) is 2.84. The highest BCUT2D eigenvalue weighted by Gasteiger charge is 2.29. The summed E-state index contributed by atoms with van der Waals surface area (Å²) in [5.74, 6) is 1.18. The number of aromatic amines is 1. The van der Waals surface area contributed by atoms with E-state index >= 15 is 0 Å². The Labute approximate surface area is 129 Å². The minimum atomic E-state index is 0.0816. The molecule has 3 rings (SSSR count). The van der Waals surface area contributed by atoms with Crippen LogP contribution in [0, 0.1) is 26.7 Å². The van der Waals surface area contributed by atoms with Crippen molar-refractivity contribution in [1.82, 2.24) is 30.5 Å². The predicted molar refractivity (Wildman–Crippen MR) is 80.3 cm³/mol. The molecular formula is C15H20N6O. The number of pyridine rings is 1. The number of hydrogen-bond donors (Lipinski definition) is 1. The van der Waals surface area contributed by atoms with E-state index in [1.165, 1.54) is 0 Å². The first-order valence-corrected chi connectivity index (χ1v) is 7.51. The summed E-state index contributed by atoms with van der Waals surface area (Å²) < 4.78 is 0. The topological polar surface area (TPSA) is 87.7 Å². The van der Waals surface area contributed by atoms with Crippen LogP contribution in [-0.4, -0.2) is 49.5 Å². The van der Waals surface area contributed by atoms with Crippen LogP contribution in [0.25, 0.3) is 0 Å². The molecule has 0 aliphatic carbocycles. The lowest BCUT2D eigenvalue weighted by Gasteiger charge is -2.19. The molecule has 1 aliphatic heterocycles. The largest absolute Gasteiger partial charge is 0.338 e. The average Bonchev–Trinajstić information content (AvgIpc) is 3.09. The minimum absolute atomic E-state index is 0.0816. The van der Waals surface area contributed by atoms with Crippen LogP contribution in [0.4, 0.5) is 0 Å². The summed E-state index contributed by atoms with van der Waals surface area (Å²) in [6.07, 6.45) is 1.72. The smallest absolute Gasteiger partial charge is 0.255 e. The number of hydrogen-bond acceptors (Lipinski definition) is 5. The van der Waals surface area contributed by atoms with Crippen LogP contribution < -0.4 is 0 Å². The van der Waals surface area contributed by atoms with E-state index in [0.29, 0.717) is 11.7 Å². The molecular weight excluding hydrogens is 280 g/mol. The van der Waals surface area contributed by atoms with E-state index < -0.39 is 0 Å². The quantitative estimate of drug-likeness (QED) is 0.921. The molecule has 0 radical (unpaired) electrons. The van der Waals surface area contributed by atoms with Gasteiger partial charge in [-0.3, -0.25) is 9.78 Å². The molecule has 1 N–H and O–H groups in total. The summed E-state index contributed by atoms with van der Waals surface area (Å²) in [5, 5.41) is 14.0. The zero-order chi connectivity index (χ0) is 15.7. The minimum Gasteiger partial charge on any atom is -0.338 e. The molecule has 7 heteroatoms. The van der Waals surface area contributed by atoms with Crippen LogP contribution >= 0.6 is 0 Å². The van der Waals surface area contributed by atoms with E-state index in [1.54, 1.807) is 0 Å². The van der Waals surface area contributed by atoms with Crippen LogP contribution in [0.3, 0.4) is 0 Å². The van der Waals surface area contributed by atoms with Gasteiger partial charge in [-0.15, -0.1) is 10.2 Å². The fourth-order valence-electron chi connectivity index (χ4n) is 3.22. The third-order valence-corrected chi connectivity index (χ3v) is 4.17. The number of aryl methyl sites for hydroxylation is 3. The fraction of sp³-hybridized carbons (Fsp3) is 0.533. The number of likely N-dealkylation sites (tertiary alicyclic amines) is 1. The lowest BCUT2D eigenvalue weighted by molar-refractivity contribution is 0.0785. The Balaban J connectivity index is 1.72. The monoisotopic (exact) mass is 300 g/mol. The summed E-state index contributed by atoms with van der Waals surface area (Å²) in [7, 11) is 0. The lowest BCUT2D eigenvalue weighted by atomic mass is 10.0. The maximum absolute atomic E-state index is 12.8. The van der Waals surface area contributed by atoms with Crippen LogP contribution in [0.15, 0.2) is 6.07 Å². The molecule has 1 unspecified atom stereocenters. The van der Waals surface area contributed by atoms with Crippen molar-refractivity contribution >= 4 is 5.91 Å². The third-order valence-electron chi connectivity index (χ3n) is 4.17. The van der Waals surface area contributed by atoms with E-state index in [-0.39, 0.29) is 5.91 Å². The van der Waals surface area contributed by atoms with Crippen LogP contribution in [0.5, 0.6) is 0 Å². The SMILES string of the molecule is Cc1cc(C)c(C(=O)N2CCC(Cc3nn[nH]n3)C2)c(C)n1. The number of rotatable bonds is 3. The lowest BCUT2D eigenvalue weighted by Crippen LogP contribution is -2.30. The number of aromatic nitrogens is 5. The Bertz CT molecular complexity index is 658. The molecule has 0 bridgehead atoms. The number of carbonyl (C=O) groups excluding carboxylic acids is 1. The molecule has 2 aromatic rings. The van der Waals surface area contributed by atoms with Crippen molar-refractivity contribution in [2.45, 2.75) is 33.6 Å². The summed E-state index contributed by atoms with van der Waals surface area (Å²) in [6.45, 7) is 7.33. The van der Waals surface area contributed by atoms with Crippen molar-refractivity contribution in [2.24, 2.45) is 5.92 Å². The van der Waals surface area contributed by atoms with E-state index in [9.17, 15) is 4.79 Å². The van der Waals surface area contributed by atoms with E-state index in [1.807, 2.05) is 31.7 Å². The highest BCUT2D eigenvalue weighted by Crippen LogP contribution is 2.23. The van der Waals surface area contributed by atoms with Crippen molar-refractivity contribution < 1.29 is 4.79 Å². The first-order valence-electron chi connectivity index (χ1n) is 7.51. The van der Waals surface area contributed by atoms with Crippen molar-refractivity contribution in [3.63, 3.8) is 0 Å². The molecule has 1 saturated heterocycles. The molecule has 22 heavy (non-hydrogen) atoms. The molecule has 0 aromatic carbocycles. The van der Waals surface area contributed by atoms with E-state index in [0.717, 1.165) is 48.4 Å². The number of H-pyrrole nitrogens is 1. The highest BCUT2D eigenvalue weighted by molar-refractivity contribution is 5.96. The Kier molecular flexibility index (Phi) is 3.87. The normalized spacial score (nSPS) is 18.0. The summed E-state index contributed by atoms with van der Waals surface area (Å²) >= 11 is 0. The fourth-order valence-corrected chi connectivity index (χ4v) is 3.22. The van der Waals surface area contributed by atoms with E-state index in [4.69, 9.17) is 0 Å². The average molecular weight is 300 g/mol. The van der Waals surface area contributed by atoms with Crippen LogP contribution in [0.2, 0.25) is 0 Å². The molecule has 0 spiro atoms.